The fourth-order valence-electron chi connectivity index (χ4n) is 1.07. The van der Waals surface area contributed by atoms with Gasteiger partial charge in [-0.15, -0.1) is 0 Å². The van der Waals surface area contributed by atoms with Crippen molar-refractivity contribution in [2.24, 2.45) is 0 Å². The summed E-state index contributed by atoms with van der Waals surface area (Å²) >= 11 is 6.74. The molecule has 0 fully saturated rings. The number of carbonyl (C=O) groups is 3. The molecular formula is C11H10ClLiO4S. The first-order valence-corrected chi connectivity index (χ1v) is 6.01. The van der Waals surface area contributed by atoms with Crippen LogP contribution in [-0.2, 0) is 14.3 Å². The van der Waals surface area contributed by atoms with E-state index in [0.29, 0.717) is 9.21 Å². The molecule has 18 heavy (non-hydrogen) atoms. The summed E-state index contributed by atoms with van der Waals surface area (Å²) in [6.45, 7) is 2.98. The van der Waals surface area contributed by atoms with Gasteiger partial charge in [-0.3, -0.25) is 0 Å². The van der Waals surface area contributed by atoms with Gasteiger partial charge < -0.3 is 19.1 Å². The minimum Gasteiger partial charge on any atom is -0.517 e. The summed E-state index contributed by atoms with van der Waals surface area (Å²) in [4.78, 5) is 34.8. The summed E-state index contributed by atoms with van der Waals surface area (Å²) in [5.74, 6) is -2.59. The zero-order valence-electron chi connectivity index (χ0n) is 10.3. The maximum atomic E-state index is 11.8. The van der Waals surface area contributed by atoms with Crippen LogP contribution < -0.4 is 18.9 Å². The topological polar surface area (TPSA) is 60.4 Å². The number of ketones is 2. The van der Waals surface area contributed by atoms with Crippen LogP contribution in [0.1, 0.15) is 23.5 Å². The smallest absolute Gasteiger partial charge is 0.517 e. The van der Waals surface area contributed by atoms with Crippen molar-refractivity contribution >= 4 is 40.5 Å². The van der Waals surface area contributed by atoms with Gasteiger partial charge in [-0.1, -0.05) is 30.5 Å². The number of rotatable bonds is 5. The standard InChI is InChI=1S/C11H10ClO4S.Li/c1-3-16-11(15)10(14)6(2)9(13)7-4-5-8(12)17-7;/h4-5H,3H2,1-2H3;/q-1;+1. The van der Waals surface area contributed by atoms with Crippen LogP contribution in [0.4, 0.5) is 0 Å². The Morgan fingerprint density at radius 3 is 2.44 bits per heavy atom. The number of esters is 1. The van der Waals surface area contributed by atoms with E-state index in [-0.39, 0.29) is 31.4 Å². The molecule has 0 aliphatic heterocycles. The summed E-state index contributed by atoms with van der Waals surface area (Å²) in [5, 5.41) is 0. The average molecular weight is 281 g/mol. The van der Waals surface area contributed by atoms with Crippen molar-refractivity contribution in [2.45, 2.75) is 13.8 Å². The molecule has 0 amide bonds. The number of thiophene rings is 1. The quantitative estimate of drug-likeness (QED) is 0.179. The molecular weight excluding hydrogens is 271 g/mol. The Balaban J connectivity index is 0.00000289. The number of halogens is 1. The van der Waals surface area contributed by atoms with Gasteiger partial charge in [0.25, 0.3) is 5.97 Å². The molecule has 0 atom stereocenters. The second kappa shape index (κ2) is 7.65. The molecule has 0 aliphatic rings. The van der Waals surface area contributed by atoms with Crippen molar-refractivity contribution < 1.29 is 38.0 Å². The number of ether oxygens (including phenoxy) is 1. The number of hydrogen-bond donors (Lipinski definition) is 0. The van der Waals surface area contributed by atoms with Gasteiger partial charge in [0.2, 0.25) is 0 Å². The van der Waals surface area contributed by atoms with Gasteiger partial charge in [0, 0.05) is 0 Å². The monoisotopic (exact) mass is 280 g/mol. The molecule has 0 spiro atoms. The molecule has 92 valence electrons. The predicted molar refractivity (Wildman–Crippen MR) is 64.2 cm³/mol. The van der Waals surface area contributed by atoms with Crippen molar-refractivity contribution in [1.82, 2.24) is 0 Å². The first-order valence-electron chi connectivity index (χ1n) is 4.82. The zero-order chi connectivity index (χ0) is 13.0. The minimum absolute atomic E-state index is 0. The molecule has 1 heterocycles. The van der Waals surface area contributed by atoms with Crippen molar-refractivity contribution in [3.8, 4) is 0 Å². The van der Waals surface area contributed by atoms with E-state index in [1.54, 1.807) is 13.0 Å². The van der Waals surface area contributed by atoms with E-state index in [1.165, 1.54) is 13.0 Å². The molecule has 0 aliphatic carbocycles. The second-order valence-corrected chi connectivity index (χ2v) is 4.82. The van der Waals surface area contributed by atoms with Gasteiger partial charge in [0.1, 0.15) is 0 Å². The molecule has 0 saturated carbocycles. The van der Waals surface area contributed by atoms with Crippen LogP contribution in [0.2, 0.25) is 4.34 Å². The van der Waals surface area contributed by atoms with Gasteiger partial charge in [-0.05, 0) is 17.9 Å². The third kappa shape index (κ3) is 4.18. The molecule has 0 unspecified atom stereocenters. The molecule has 1 aromatic rings. The van der Waals surface area contributed by atoms with Crippen LogP contribution in [0.5, 0.6) is 0 Å². The van der Waals surface area contributed by atoms with E-state index in [4.69, 9.17) is 11.6 Å². The van der Waals surface area contributed by atoms with Crippen LogP contribution in [0.15, 0.2) is 12.1 Å². The van der Waals surface area contributed by atoms with Crippen LogP contribution in [-0.4, -0.2) is 24.1 Å². The molecule has 7 heteroatoms. The van der Waals surface area contributed by atoms with Crippen LogP contribution in [0.25, 0.3) is 0 Å². The van der Waals surface area contributed by atoms with E-state index >= 15 is 0 Å². The van der Waals surface area contributed by atoms with Crippen molar-refractivity contribution in [3.63, 3.8) is 0 Å². The molecule has 0 radical (unpaired) electrons. The molecule has 0 bridgehead atoms. The van der Waals surface area contributed by atoms with Crippen LogP contribution >= 0.6 is 22.9 Å². The van der Waals surface area contributed by atoms with E-state index < -0.39 is 17.5 Å². The number of hydrogen-bond acceptors (Lipinski definition) is 5. The minimum atomic E-state index is -1.01. The Kier molecular flexibility index (Phi) is 7.34. The van der Waals surface area contributed by atoms with Gasteiger partial charge in [0.05, 0.1) is 16.7 Å². The van der Waals surface area contributed by atoms with Crippen LogP contribution in [0, 0.1) is 5.92 Å². The molecule has 0 saturated heterocycles. The predicted octanol–water partition coefficient (Wildman–Crippen LogP) is -0.685. The maximum absolute atomic E-state index is 11.8. The maximum Gasteiger partial charge on any atom is 1.00 e. The first-order chi connectivity index (χ1) is 7.97. The summed E-state index contributed by atoms with van der Waals surface area (Å²) in [6.07, 6.45) is 0. The third-order valence-electron chi connectivity index (χ3n) is 1.94. The Hall–Kier alpha value is -0.733. The van der Waals surface area contributed by atoms with Gasteiger partial charge in [-0.25, -0.2) is 0 Å². The molecule has 0 aromatic carbocycles. The Morgan fingerprint density at radius 1 is 1.39 bits per heavy atom. The Bertz CT molecular complexity index is 458. The van der Waals surface area contributed by atoms with Gasteiger partial charge >= 0.3 is 18.9 Å². The third-order valence-corrected chi connectivity index (χ3v) is 3.17. The number of carbonyl (C=O) groups excluding carboxylic acids is 3. The fraction of sp³-hybridized carbons (Fsp3) is 0.273. The van der Waals surface area contributed by atoms with Gasteiger partial charge in [-0.2, -0.15) is 11.3 Å². The summed E-state index contributed by atoms with van der Waals surface area (Å²) in [7, 11) is 0. The SMILES string of the molecule is CCOC(=O)C(=O)[C-](C)C(=O)c1ccc(Cl)s1.[Li+]. The van der Waals surface area contributed by atoms with E-state index in [0.717, 1.165) is 11.3 Å². The molecule has 0 N–H and O–H groups in total. The molecule has 1 aromatic heterocycles. The van der Waals surface area contributed by atoms with E-state index in [9.17, 15) is 14.4 Å². The number of Topliss-reactive ketones (excluding diaryl/α,β-unsaturated/α-hetero) is 2. The Labute approximate surface area is 126 Å². The largest absolute Gasteiger partial charge is 1.00 e. The van der Waals surface area contributed by atoms with Crippen molar-refractivity contribution in [3.05, 3.63) is 27.3 Å². The van der Waals surface area contributed by atoms with E-state index in [1.807, 2.05) is 0 Å². The zero-order valence-corrected chi connectivity index (χ0v) is 11.9. The summed E-state index contributed by atoms with van der Waals surface area (Å²) < 4.78 is 4.98. The van der Waals surface area contributed by atoms with Crippen LogP contribution in [0.3, 0.4) is 0 Å². The molecule has 4 nitrogen and oxygen atoms in total. The van der Waals surface area contributed by atoms with Gasteiger partial charge in [0.15, 0.2) is 5.78 Å². The summed E-state index contributed by atoms with van der Waals surface area (Å²) in [5.41, 5.74) is 0. The Morgan fingerprint density at radius 2 is 2.00 bits per heavy atom. The van der Waals surface area contributed by atoms with E-state index in [2.05, 4.69) is 4.74 Å². The normalized spacial score (nSPS) is 9.28. The second-order valence-electron chi connectivity index (χ2n) is 3.11. The fourth-order valence-corrected chi connectivity index (χ4v) is 2.11. The average Bonchev–Trinajstić information content (AvgIpc) is 2.73. The summed E-state index contributed by atoms with van der Waals surface area (Å²) in [6, 6.07) is 3.07. The first kappa shape index (κ1) is 17.3. The molecule has 1 rings (SSSR count). The van der Waals surface area contributed by atoms with Crippen molar-refractivity contribution in [2.75, 3.05) is 6.61 Å². The van der Waals surface area contributed by atoms with Crippen molar-refractivity contribution in [1.29, 1.82) is 0 Å².